The number of rotatable bonds is 3. The van der Waals surface area contributed by atoms with Gasteiger partial charge in [-0.15, -0.1) is 0 Å². The summed E-state index contributed by atoms with van der Waals surface area (Å²) >= 11 is 0. The van der Waals surface area contributed by atoms with Gasteiger partial charge < -0.3 is 9.88 Å². The van der Waals surface area contributed by atoms with Crippen LogP contribution >= 0.6 is 0 Å². The molecule has 0 bridgehead atoms. The number of aryl methyl sites for hydroxylation is 3. The molecule has 1 aromatic heterocycles. The van der Waals surface area contributed by atoms with Crippen molar-refractivity contribution in [1.82, 2.24) is 4.57 Å². The van der Waals surface area contributed by atoms with Gasteiger partial charge in [0.05, 0.1) is 0 Å². The summed E-state index contributed by atoms with van der Waals surface area (Å²) in [6.07, 6.45) is 2.21. The minimum atomic E-state index is 0.853. The number of nitrogens with one attached hydrogen (secondary N) is 1. The average Bonchev–Trinajstić information content (AvgIpc) is 2.77. The van der Waals surface area contributed by atoms with Gasteiger partial charge in [-0.1, -0.05) is 30.3 Å². The number of aromatic nitrogens is 1. The van der Waals surface area contributed by atoms with E-state index in [4.69, 9.17) is 0 Å². The van der Waals surface area contributed by atoms with Gasteiger partial charge in [0.15, 0.2) is 0 Å². The summed E-state index contributed by atoms with van der Waals surface area (Å²) in [5.41, 5.74) is 6.42. The lowest BCUT2D eigenvalue weighted by Gasteiger charge is -2.10. The van der Waals surface area contributed by atoms with Crippen molar-refractivity contribution < 1.29 is 0 Å². The first-order valence-corrected chi connectivity index (χ1v) is 6.99. The van der Waals surface area contributed by atoms with Gasteiger partial charge in [-0.05, 0) is 42.7 Å². The van der Waals surface area contributed by atoms with Crippen LogP contribution in [-0.2, 0) is 13.6 Å². The molecule has 0 amide bonds. The van der Waals surface area contributed by atoms with E-state index in [1.165, 1.54) is 33.3 Å². The SMILES string of the molecule is Cc1ccc(C)c(NCc2cn(C)c3ccccc23)c1. The van der Waals surface area contributed by atoms with Crippen molar-refractivity contribution in [3.8, 4) is 0 Å². The van der Waals surface area contributed by atoms with Gasteiger partial charge in [0, 0.05) is 36.4 Å². The maximum Gasteiger partial charge on any atom is 0.0481 e. The summed E-state index contributed by atoms with van der Waals surface area (Å²) in [5, 5.41) is 4.89. The van der Waals surface area contributed by atoms with Crippen LogP contribution in [0.3, 0.4) is 0 Å². The molecule has 20 heavy (non-hydrogen) atoms. The van der Waals surface area contributed by atoms with Crippen LogP contribution in [0.2, 0.25) is 0 Å². The van der Waals surface area contributed by atoms with Crippen LogP contribution in [0.25, 0.3) is 10.9 Å². The molecular weight excluding hydrogens is 244 g/mol. The zero-order valence-corrected chi connectivity index (χ0v) is 12.3. The molecule has 0 saturated heterocycles. The van der Waals surface area contributed by atoms with Crippen molar-refractivity contribution in [2.75, 3.05) is 5.32 Å². The molecule has 1 N–H and O–H groups in total. The third kappa shape index (κ3) is 2.29. The molecule has 0 unspecified atom stereocenters. The Hall–Kier alpha value is -2.22. The Bertz CT molecular complexity index is 753. The van der Waals surface area contributed by atoms with Crippen LogP contribution in [0.1, 0.15) is 16.7 Å². The average molecular weight is 264 g/mol. The Balaban J connectivity index is 1.89. The van der Waals surface area contributed by atoms with Crippen LogP contribution < -0.4 is 5.32 Å². The number of anilines is 1. The summed E-state index contributed by atoms with van der Waals surface area (Å²) in [4.78, 5) is 0. The highest BCUT2D eigenvalue weighted by atomic mass is 14.9. The first kappa shape index (κ1) is 12.8. The van der Waals surface area contributed by atoms with E-state index in [2.05, 4.69) is 79.4 Å². The zero-order chi connectivity index (χ0) is 14.1. The first-order valence-electron chi connectivity index (χ1n) is 6.99. The molecule has 3 aromatic rings. The summed E-state index contributed by atoms with van der Waals surface area (Å²) in [5.74, 6) is 0. The highest BCUT2D eigenvalue weighted by molar-refractivity contribution is 5.84. The number of benzene rings is 2. The molecule has 0 aliphatic rings. The van der Waals surface area contributed by atoms with Gasteiger partial charge in [-0.25, -0.2) is 0 Å². The van der Waals surface area contributed by atoms with Crippen LogP contribution in [0.5, 0.6) is 0 Å². The van der Waals surface area contributed by atoms with Crippen molar-refractivity contribution in [1.29, 1.82) is 0 Å². The molecule has 0 fully saturated rings. The summed E-state index contributed by atoms with van der Waals surface area (Å²) < 4.78 is 2.19. The number of hydrogen-bond donors (Lipinski definition) is 1. The molecule has 2 nitrogen and oxygen atoms in total. The standard InChI is InChI=1S/C18H20N2/c1-13-8-9-14(2)17(10-13)19-11-15-12-20(3)18-7-5-4-6-16(15)18/h4-10,12,19H,11H2,1-3H3. The topological polar surface area (TPSA) is 17.0 Å². The maximum absolute atomic E-state index is 3.56. The van der Waals surface area contributed by atoms with Crippen LogP contribution in [0.15, 0.2) is 48.7 Å². The van der Waals surface area contributed by atoms with E-state index < -0.39 is 0 Å². The normalized spacial score (nSPS) is 10.9. The maximum atomic E-state index is 3.56. The van der Waals surface area contributed by atoms with Gasteiger partial charge >= 0.3 is 0 Å². The second-order valence-corrected chi connectivity index (χ2v) is 5.45. The van der Waals surface area contributed by atoms with Crippen molar-refractivity contribution in [3.63, 3.8) is 0 Å². The van der Waals surface area contributed by atoms with E-state index in [0.717, 1.165) is 6.54 Å². The van der Waals surface area contributed by atoms with Gasteiger partial charge in [0.2, 0.25) is 0 Å². The van der Waals surface area contributed by atoms with Gasteiger partial charge in [0.25, 0.3) is 0 Å². The smallest absolute Gasteiger partial charge is 0.0481 e. The Morgan fingerprint density at radius 1 is 1.05 bits per heavy atom. The number of nitrogens with zero attached hydrogens (tertiary/aromatic N) is 1. The molecule has 2 heteroatoms. The Morgan fingerprint density at radius 3 is 2.70 bits per heavy atom. The number of para-hydroxylation sites is 1. The zero-order valence-electron chi connectivity index (χ0n) is 12.3. The van der Waals surface area contributed by atoms with E-state index in [-0.39, 0.29) is 0 Å². The van der Waals surface area contributed by atoms with Crippen LogP contribution in [0.4, 0.5) is 5.69 Å². The molecule has 0 spiro atoms. The van der Waals surface area contributed by atoms with E-state index in [9.17, 15) is 0 Å². The highest BCUT2D eigenvalue weighted by Gasteiger charge is 2.06. The minimum Gasteiger partial charge on any atom is -0.381 e. The highest BCUT2D eigenvalue weighted by Crippen LogP contribution is 2.22. The Morgan fingerprint density at radius 2 is 1.85 bits per heavy atom. The third-order valence-corrected chi connectivity index (χ3v) is 3.84. The monoisotopic (exact) mass is 264 g/mol. The fraction of sp³-hybridized carbons (Fsp3) is 0.222. The molecule has 3 rings (SSSR count). The van der Waals surface area contributed by atoms with E-state index in [0.29, 0.717) is 0 Å². The van der Waals surface area contributed by atoms with Crippen molar-refractivity contribution in [2.45, 2.75) is 20.4 Å². The second-order valence-electron chi connectivity index (χ2n) is 5.45. The minimum absolute atomic E-state index is 0.853. The molecule has 2 aromatic carbocycles. The Kier molecular flexibility index (Phi) is 3.23. The van der Waals surface area contributed by atoms with Crippen molar-refractivity contribution >= 4 is 16.6 Å². The molecular formula is C18H20N2. The summed E-state index contributed by atoms with van der Waals surface area (Å²) in [6.45, 7) is 5.12. The van der Waals surface area contributed by atoms with Gasteiger partial charge in [-0.3, -0.25) is 0 Å². The molecule has 1 heterocycles. The molecule has 0 saturated carbocycles. The molecule has 0 radical (unpaired) electrons. The van der Waals surface area contributed by atoms with Crippen molar-refractivity contribution in [2.24, 2.45) is 7.05 Å². The lowest BCUT2D eigenvalue weighted by atomic mass is 10.1. The summed E-state index contributed by atoms with van der Waals surface area (Å²) in [7, 11) is 2.10. The lowest BCUT2D eigenvalue weighted by molar-refractivity contribution is 0.955. The largest absolute Gasteiger partial charge is 0.381 e. The molecule has 102 valence electrons. The molecule has 0 atom stereocenters. The van der Waals surface area contributed by atoms with E-state index >= 15 is 0 Å². The number of hydrogen-bond acceptors (Lipinski definition) is 1. The first-order chi connectivity index (χ1) is 9.65. The van der Waals surface area contributed by atoms with E-state index in [1.807, 2.05) is 0 Å². The van der Waals surface area contributed by atoms with E-state index in [1.54, 1.807) is 0 Å². The second kappa shape index (κ2) is 5.04. The molecule has 0 aliphatic carbocycles. The number of fused-ring (bicyclic) bond motifs is 1. The lowest BCUT2D eigenvalue weighted by Crippen LogP contribution is -2.00. The summed E-state index contributed by atoms with van der Waals surface area (Å²) in [6, 6.07) is 15.1. The van der Waals surface area contributed by atoms with Gasteiger partial charge in [-0.2, -0.15) is 0 Å². The fourth-order valence-electron chi connectivity index (χ4n) is 2.68. The molecule has 0 aliphatic heterocycles. The van der Waals surface area contributed by atoms with Gasteiger partial charge in [0.1, 0.15) is 0 Å². The quantitative estimate of drug-likeness (QED) is 0.741. The Labute approximate surface area is 120 Å². The van der Waals surface area contributed by atoms with Crippen LogP contribution in [0, 0.1) is 13.8 Å². The van der Waals surface area contributed by atoms with Crippen molar-refractivity contribution in [3.05, 3.63) is 65.4 Å². The fourth-order valence-corrected chi connectivity index (χ4v) is 2.68. The predicted molar refractivity (Wildman–Crippen MR) is 86.2 cm³/mol. The van der Waals surface area contributed by atoms with Crippen LogP contribution in [-0.4, -0.2) is 4.57 Å². The predicted octanol–water partition coefficient (Wildman–Crippen LogP) is 4.41. The third-order valence-electron chi connectivity index (χ3n) is 3.84.